The fourth-order valence-electron chi connectivity index (χ4n) is 2.77. The van der Waals surface area contributed by atoms with Gasteiger partial charge in [-0.3, -0.25) is 4.98 Å². The van der Waals surface area contributed by atoms with Crippen molar-refractivity contribution >= 4 is 11.6 Å². The highest BCUT2D eigenvalue weighted by Gasteiger charge is 2.15. The molecule has 2 N–H and O–H groups in total. The highest BCUT2D eigenvalue weighted by Crippen LogP contribution is 2.22. The van der Waals surface area contributed by atoms with Gasteiger partial charge in [0.25, 0.3) is 0 Å². The first-order valence-corrected chi connectivity index (χ1v) is 8.18. The Bertz CT molecular complexity index is 601. The molecule has 6 nitrogen and oxygen atoms in total. The third kappa shape index (κ3) is 4.39. The Morgan fingerprint density at radius 3 is 2.83 bits per heavy atom. The Hall–Kier alpha value is -2.21. The second kappa shape index (κ2) is 7.87. The molecule has 1 aliphatic heterocycles. The van der Waals surface area contributed by atoms with E-state index in [1.807, 2.05) is 30.6 Å². The quantitative estimate of drug-likeness (QED) is 0.854. The number of anilines is 2. The van der Waals surface area contributed by atoms with E-state index in [4.69, 9.17) is 4.74 Å². The van der Waals surface area contributed by atoms with Crippen molar-refractivity contribution < 1.29 is 4.74 Å². The van der Waals surface area contributed by atoms with Crippen LogP contribution in [0.25, 0.3) is 0 Å². The van der Waals surface area contributed by atoms with Crippen LogP contribution in [0.1, 0.15) is 37.8 Å². The van der Waals surface area contributed by atoms with Gasteiger partial charge < -0.3 is 15.4 Å². The predicted molar refractivity (Wildman–Crippen MR) is 90.4 cm³/mol. The summed E-state index contributed by atoms with van der Waals surface area (Å²) in [7, 11) is 0. The van der Waals surface area contributed by atoms with Gasteiger partial charge in [0.15, 0.2) is 0 Å². The molecule has 122 valence electrons. The van der Waals surface area contributed by atoms with Gasteiger partial charge >= 0.3 is 0 Å². The zero-order chi connectivity index (χ0) is 15.9. The van der Waals surface area contributed by atoms with Gasteiger partial charge in [0, 0.05) is 25.1 Å². The van der Waals surface area contributed by atoms with Crippen molar-refractivity contribution in [3.63, 3.8) is 0 Å². The largest absolute Gasteiger partial charge is 0.379 e. The lowest BCUT2D eigenvalue weighted by molar-refractivity contribution is 0.0875. The van der Waals surface area contributed by atoms with Gasteiger partial charge in [-0.05, 0) is 37.0 Å². The minimum absolute atomic E-state index is 0.207. The van der Waals surface area contributed by atoms with Gasteiger partial charge in [0.1, 0.15) is 18.0 Å². The summed E-state index contributed by atoms with van der Waals surface area (Å²) in [5, 5.41) is 6.90. The van der Waals surface area contributed by atoms with E-state index in [-0.39, 0.29) is 6.04 Å². The van der Waals surface area contributed by atoms with E-state index in [1.165, 1.54) is 5.56 Å². The summed E-state index contributed by atoms with van der Waals surface area (Å²) in [6.45, 7) is 3.75. The summed E-state index contributed by atoms with van der Waals surface area (Å²) in [6, 6.07) is 6.55. The SMILES string of the molecule is CC[C@@H](Nc1cc(N[C@@H]2CCCOC2)ncn1)c1ccncc1. The molecule has 1 aliphatic rings. The van der Waals surface area contributed by atoms with E-state index in [0.717, 1.165) is 44.1 Å². The highest BCUT2D eigenvalue weighted by molar-refractivity contribution is 5.48. The summed E-state index contributed by atoms with van der Waals surface area (Å²) in [4.78, 5) is 12.7. The molecule has 23 heavy (non-hydrogen) atoms. The molecule has 2 aromatic heterocycles. The molecule has 0 unspecified atom stereocenters. The van der Waals surface area contributed by atoms with Crippen molar-refractivity contribution in [1.29, 1.82) is 0 Å². The van der Waals surface area contributed by atoms with Crippen LogP contribution in [0.4, 0.5) is 11.6 Å². The molecule has 0 spiro atoms. The Morgan fingerprint density at radius 1 is 1.26 bits per heavy atom. The molecule has 6 heteroatoms. The van der Waals surface area contributed by atoms with Crippen LogP contribution in [-0.2, 0) is 4.74 Å². The maximum absolute atomic E-state index is 5.50. The maximum Gasteiger partial charge on any atom is 0.131 e. The summed E-state index contributed by atoms with van der Waals surface area (Å²) >= 11 is 0. The molecule has 0 saturated carbocycles. The second-order valence-corrected chi connectivity index (χ2v) is 5.73. The van der Waals surface area contributed by atoms with Crippen molar-refractivity contribution in [3.05, 3.63) is 42.5 Å². The van der Waals surface area contributed by atoms with E-state index >= 15 is 0 Å². The number of pyridine rings is 1. The van der Waals surface area contributed by atoms with Crippen molar-refractivity contribution in [2.45, 2.75) is 38.3 Å². The molecule has 0 amide bonds. The number of hydrogen-bond donors (Lipinski definition) is 2. The van der Waals surface area contributed by atoms with E-state index in [1.54, 1.807) is 6.33 Å². The van der Waals surface area contributed by atoms with Crippen LogP contribution in [0.5, 0.6) is 0 Å². The molecule has 0 radical (unpaired) electrons. The van der Waals surface area contributed by atoms with Crippen molar-refractivity contribution in [2.75, 3.05) is 23.8 Å². The lowest BCUT2D eigenvalue weighted by Crippen LogP contribution is -2.30. The normalized spacial score (nSPS) is 19.1. The van der Waals surface area contributed by atoms with Gasteiger partial charge in [0.05, 0.1) is 18.7 Å². The highest BCUT2D eigenvalue weighted by atomic mass is 16.5. The molecule has 0 aromatic carbocycles. The first-order valence-electron chi connectivity index (χ1n) is 8.18. The minimum Gasteiger partial charge on any atom is -0.379 e. The van der Waals surface area contributed by atoms with Crippen LogP contribution < -0.4 is 10.6 Å². The number of hydrogen-bond acceptors (Lipinski definition) is 6. The van der Waals surface area contributed by atoms with Gasteiger partial charge in [-0.1, -0.05) is 6.92 Å². The number of nitrogens with one attached hydrogen (secondary N) is 2. The number of aromatic nitrogens is 3. The van der Waals surface area contributed by atoms with E-state index in [9.17, 15) is 0 Å². The van der Waals surface area contributed by atoms with Crippen LogP contribution in [0.2, 0.25) is 0 Å². The summed E-state index contributed by atoms with van der Waals surface area (Å²) in [5.74, 6) is 1.66. The Kier molecular flexibility index (Phi) is 5.37. The van der Waals surface area contributed by atoms with Crippen LogP contribution in [-0.4, -0.2) is 34.2 Å². The molecule has 2 atom stereocenters. The van der Waals surface area contributed by atoms with Crippen molar-refractivity contribution in [2.24, 2.45) is 0 Å². The smallest absolute Gasteiger partial charge is 0.131 e. The van der Waals surface area contributed by atoms with Gasteiger partial charge in [0.2, 0.25) is 0 Å². The maximum atomic E-state index is 5.50. The molecule has 2 aromatic rings. The Balaban J connectivity index is 1.66. The molecule has 0 bridgehead atoms. The first-order chi connectivity index (χ1) is 11.3. The van der Waals surface area contributed by atoms with E-state index in [0.29, 0.717) is 6.04 Å². The van der Waals surface area contributed by atoms with E-state index < -0.39 is 0 Å². The van der Waals surface area contributed by atoms with Crippen molar-refractivity contribution in [3.8, 4) is 0 Å². The zero-order valence-corrected chi connectivity index (χ0v) is 13.4. The standard InChI is InChI=1S/C17H23N5O/c1-2-15(13-5-7-18-8-6-13)22-17-10-16(19-12-20-17)21-14-4-3-9-23-11-14/h5-8,10,12,14-15H,2-4,9,11H2,1H3,(H2,19,20,21,22)/t14-,15-/m1/s1. The average molecular weight is 313 g/mol. The first kappa shape index (κ1) is 15.7. The molecular formula is C17H23N5O. The number of ether oxygens (including phenoxy) is 1. The number of rotatable bonds is 6. The van der Waals surface area contributed by atoms with Gasteiger partial charge in [-0.15, -0.1) is 0 Å². The fourth-order valence-corrected chi connectivity index (χ4v) is 2.77. The fraction of sp³-hybridized carbons (Fsp3) is 0.471. The molecule has 3 rings (SSSR count). The number of nitrogens with zero attached hydrogens (tertiary/aromatic N) is 3. The molecule has 0 aliphatic carbocycles. The molecule has 1 saturated heterocycles. The average Bonchev–Trinajstić information content (AvgIpc) is 2.62. The lowest BCUT2D eigenvalue weighted by Gasteiger charge is -2.24. The van der Waals surface area contributed by atoms with Gasteiger partial charge in [-0.25, -0.2) is 9.97 Å². The van der Waals surface area contributed by atoms with Crippen molar-refractivity contribution in [1.82, 2.24) is 15.0 Å². The zero-order valence-electron chi connectivity index (χ0n) is 13.4. The molecule has 3 heterocycles. The van der Waals surface area contributed by atoms with E-state index in [2.05, 4.69) is 32.5 Å². The molecular weight excluding hydrogens is 290 g/mol. The lowest BCUT2D eigenvalue weighted by atomic mass is 10.1. The Morgan fingerprint density at radius 2 is 2.09 bits per heavy atom. The summed E-state index contributed by atoms with van der Waals surface area (Å²) in [5.41, 5.74) is 1.20. The third-order valence-electron chi connectivity index (χ3n) is 4.02. The van der Waals surface area contributed by atoms with Crippen LogP contribution >= 0.6 is 0 Å². The molecule has 1 fully saturated rings. The van der Waals surface area contributed by atoms with Crippen LogP contribution in [0, 0.1) is 0 Å². The topological polar surface area (TPSA) is 72.0 Å². The minimum atomic E-state index is 0.207. The monoisotopic (exact) mass is 313 g/mol. The summed E-state index contributed by atoms with van der Waals surface area (Å²) in [6.07, 6.45) is 8.39. The third-order valence-corrected chi connectivity index (χ3v) is 4.02. The van der Waals surface area contributed by atoms with Crippen LogP contribution in [0.15, 0.2) is 36.9 Å². The van der Waals surface area contributed by atoms with Crippen LogP contribution in [0.3, 0.4) is 0 Å². The summed E-state index contributed by atoms with van der Waals surface area (Å²) < 4.78 is 5.50. The second-order valence-electron chi connectivity index (χ2n) is 5.73. The predicted octanol–water partition coefficient (Wildman–Crippen LogP) is 3.03. The Labute approximate surface area is 136 Å². The van der Waals surface area contributed by atoms with Gasteiger partial charge in [-0.2, -0.15) is 0 Å².